The molecule has 6 nitrogen and oxygen atoms in total. The van der Waals surface area contributed by atoms with Gasteiger partial charge in [-0.05, 0) is 58.3 Å². The molecule has 7 atom stereocenters. The first-order chi connectivity index (χ1) is 13.0. The fourth-order valence-electron chi connectivity index (χ4n) is 5.24. The van der Waals surface area contributed by atoms with Crippen LogP contribution in [0.25, 0.3) is 0 Å². The van der Waals surface area contributed by atoms with Gasteiger partial charge in [0.25, 0.3) is 0 Å². The van der Waals surface area contributed by atoms with Crippen LogP contribution in [-0.4, -0.2) is 46.6 Å². The van der Waals surface area contributed by atoms with Crippen molar-refractivity contribution in [3.63, 3.8) is 0 Å². The molecule has 0 aromatic carbocycles. The van der Waals surface area contributed by atoms with Crippen LogP contribution in [0, 0.1) is 11.8 Å². The highest BCUT2D eigenvalue weighted by molar-refractivity contribution is 5.91. The van der Waals surface area contributed by atoms with E-state index in [0.717, 1.165) is 38.5 Å². The molecule has 3 fully saturated rings. The van der Waals surface area contributed by atoms with Gasteiger partial charge >= 0.3 is 11.9 Å². The standard InChI is InChI=1S/C22H34O6/c1-13-8-6-9-21(4)10-7-11-22(5,28-21)17(24)12-16-14(2)20(25)27-19(16)18(13)26-15(3)23/h13,16-19,24H,2,6-12H2,1,3-5H3/t13-,16-,17-,18+,19+,21-,22-/m0/s1. The van der Waals surface area contributed by atoms with Crippen LogP contribution in [0.1, 0.15) is 72.6 Å². The van der Waals surface area contributed by atoms with Gasteiger partial charge < -0.3 is 19.3 Å². The fraction of sp³-hybridized carbons (Fsp3) is 0.818. The van der Waals surface area contributed by atoms with E-state index >= 15 is 0 Å². The van der Waals surface area contributed by atoms with E-state index in [4.69, 9.17) is 14.2 Å². The maximum absolute atomic E-state index is 12.3. The summed E-state index contributed by atoms with van der Waals surface area (Å²) in [5.41, 5.74) is -0.611. The Hall–Kier alpha value is -1.40. The third-order valence-corrected chi connectivity index (χ3v) is 6.94. The highest BCUT2D eigenvalue weighted by atomic mass is 16.6. The van der Waals surface area contributed by atoms with Crippen LogP contribution in [0.4, 0.5) is 0 Å². The summed E-state index contributed by atoms with van der Waals surface area (Å²) < 4.78 is 17.7. The summed E-state index contributed by atoms with van der Waals surface area (Å²) >= 11 is 0. The summed E-state index contributed by atoms with van der Waals surface area (Å²) in [4.78, 5) is 24.0. The maximum Gasteiger partial charge on any atom is 0.334 e. The topological polar surface area (TPSA) is 82.1 Å². The molecule has 1 N–H and O–H groups in total. The minimum atomic E-state index is -0.765. The Kier molecular flexibility index (Phi) is 5.93. The second-order valence-corrected chi connectivity index (χ2v) is 9.41. The van der Waals surface area contributed by atoms with E-state index in [-0.39, 0.29) is 11.5 Å². The Morgan fingerprint density at radius 1 is 1.25 bits per heavy atom. The Bertz CT molecular complexity index is 645. The number of aliphatic hydroxyl groups excluding tert-OH is 1. The first kappa shape index (κ1) is 21.3. The molecular weight excluding hydrogens is 360 g/mol. The molecule has 0 radical (unpaired) electrons. The Morgan fingerprint density at radius 2 is 1.93 bits per heavy atom. The average molecular weight is 395 g/mol. The highest BCUT2D eigenvalue weighted by Gasteiger charge is 2.51. The lowest BCUT2D eigenvalue weighted by molar-refractivity contribution is -0.222. The van der Waals surface area contributed by atoms with Crippen molar-refractivity contribution in [3.05, 3.63) is 12.2 Å². The Balaban J connectivity index is 1.95. The van der Waals surface area contributed by atoms with Crippen LogP contribution >= 0.6 is 0 Å². The van der Waals surface area contributed by atoms with Crippen molar-refractivity contribution in [2.45, 2.75) is 102 Å². The molecule has 3 saturated heterocycles. The lowest BCUT2D eigenvalue weighted by atomic mass is 9.75. The number of aliphatic hydroxyl groups is 1. The van der Waals surface area contributed by atoms with Crippen LogP contribution in [0.3, 0.4) is 0 Å². The van der Waals surface area contributed by atoms with Crippen molar-refractivity contribution in [3.8, 4) is 0 Å². The van der Waals surface area contributed by atoms with Crippen LogP contribution < -0.4 is 0 Å². The molecule has 0 spiro atoms. The number of ether oxygens (including phenoxy) is 3. The van der Waals surface area contributed by atoms with Crippen molar-refractivity contribution in [2.75, 3.05) is 0 Å². The number of hydrogen-bond donors (Lipinski definition) is 1. The summed E-state index contributed by atoms with van der Waals surface area (Å²) in [5, 5.41) is 11.1. The van der Waals surface area contributed by atoms with Crippen LogP contribution in [-0.2, 0) is 23.8 Å². The van der Waals surface area contributed by atoms with Gasteiger partial charge in [0.2, 0.25) is 0 Å². The van der Waals surface area contributed by atoms with Gasteiger partial charge in [-0.1, -0.05) is 19.9 Å². The van der Waals surface area contributed by atoms with Crippen molar-refractivity contribution in [1.82, 2.24) is 0 Å². The van der Waals surface area contributed by atoms with Crippen LogP contribution in [0.2, 0.25) is 0 Å². The van der Waals surface area contributed by atoms with E-state index in [1.54, 1.807) is 0 Å². The normalized spacial score (nSPS) is 44.7. The van der Waals surface area contributed by atoms with Gasteiger partial charge in [-0.25, -0.2) is 4.79 Å². The van der Waals surface area contributed by atoms with Gasteiger partial charge in [0.05, 0.1) is 17.3 Å². The summed E-state index contributed by atoms with van der Waals surface area (Å²) in [6, 6.07) is 0. The zero-order valence-corrected chi connectivity index (χ0v) is 17.5. The molecule has 0 aliphatic carbocycles. The number of carbonyl (C=O) groups excluding carboxylic acids is 2. The first-order valence-electron chi connectivity index (χ1n) is 10.5. The van der Waals surface area contributed by atoms with Crippen molar-refractivity contribution < 1.29 is 28.9 Å². The van der Waals surface area contributed by atoms with Crippen molar-refractivity contribution in [2.24, 2.45) is 11.8 Å². The summed E-state index contributed by atoms with van der Waals surface area (Å²) in [6.45, 7) is 11.4. The number of carbonyl (C=O) groups is 2. The molecular formula is C22H34O6. The van der Waals surface area contributed by atoms with Crippen molar-refractivity contribution >= 4 is 11.9 Å². The number of rotatable bonds is 1. The molecule has 3 heterocycles. The van der Waals surface area contributed by atoms with E-state index in [1.165, 1.54) is 6.92 Å². The molecule has 0 aromatic rings. The smallest absolute Gasteiger partial charge is 0.334 e. The molecule has 3 rings (SSSR count). The average Bonchev–Trinajstić information content (AvgIpc) is 2.86. The van der Waals surface area contributed by atoms with Crippen molar-refractivity contribution in [1.29, 1.82) is 0 Å². The predicted molar refractivity (Wildman–Crippen MR) is 103 cm³/mol. The second-order valence-electron chi connectivity index (χ2n) is 9.41. The molecule has 0 amide bonds. The molecule has 3 aliphatic rings. The monoisotopic (exact) mass is 394 g/mol. The minimum absolute atomic E-state index is 0.0187. The maximum atomic E-state index is 12.3. The molecule has 0 aromatic heterocycles. The summed E-state index contributed by atoms with van der Waals surface area (Å²) in [5.74, 6) is -1.25. The van der Waals surface area contributed by atoms with E-state index in [0.29, 0.717) is 12.0 Å². The van der Waals surface area contributed by atoms with Crippen LogP contribution in [0.15, 0.2) is 12.2 Å². The number of esters is 2. The van der Waals surface area contributed by atoms with E-state index in [2.05, 4.69) is 13.5 Å². The number of hydrogen-bond acceptors (Lipinski definition) is 6. The third-order valence-electron chi connectivity index (χ3n) is 6.94. The number of fused-ring (bicyclic) bond motifs is 3. The summed E-state index contributed by atoms with van der Waals surface area (Å²) in [6.07, 6.45) is 3.74. The van der Waals surface area contributed by atoms with Gasteiger partial charge in [-0.2, -0.15) is 0 Å². The Labute approximate surface area is 167 Å². The van der Waals surface area contributed by atoms with Gasteiger partial charge in [-0.15, -0.1) is 0 Å². The van der Waals surface area contributed by atoms with Gasteiger partial charge in [-0.3, -0.25) is 4.79 Å². The highest BCUT2D eigenvalue weighted by Crippen LogP contribution is 2.45. The first-order valence-corrected chi connectivity index (χ1v) is 10.5. The summed E-state index contributed by atoms with van der Waals surface area (Å²) in [7, 11) is 0. The van der Waals surface area contributed by atoms with E-state index in [1.807, 2.05) is 13.8 Å². The molecule has 0 saturated carbocycles. The van der Waals surface area contributed by atoms with Gasteiger partial charge in [0, 0.05) is 18.4 Å². The van der Waals surface area contributed by atoms with E-state index < -0.39 is 41.8 Å². The van der Waals surface area contributed by atoms with E-state index in [9.17, 15) is 14.7 Å². The van der Waals surface area contributed by atoms with Crippen LogP contribution in [0.5, 0.6) is 0 Å². The molecule has 2 bridgehead atoms. The molecule has 3 aliphatic heterocycles. The zero-order chi connectivity index (χ0) is 20.7. The molecule has 6 heteroatoms. The second kappa shape index (κ2) is 7.79. The Morgan fingerprint density at radius 3 is 2.61 bits per heavy atom. The largest absolute Gasteiger partial charge is 0.458 e. The molecule has 28 heavy (non-hydrogen) atoms. The third kappa shape index (κ3) is 4.13. The lowest BCUT2D eigenvalue weighted by Crippen LogP contribution is -2.53. The predicted octanol–water partition coefficient (Wildman–Crippen LogP) is 3.30. The minimum Gasteiger partial charge on any atom is -0.458 e. The van der Waals surface area contributed by atoms with Gasteiger partial charge in [0.15, 0.2) is 0 Å². The SMILES string of the molecule is C=C1C(=O)O[C@H]2[C@H](OC(C)=O)[C@@H](C)CCC[C@@]3(C)CCC[C@](C)(O3)[C@@H](O)C[C@@H]12. The van der Waals surface area contributed by atoms with Gasteiger partial charge in [0.1, 0.15) is 12.2 Å². The molecule has 0 unspecified atom stereocenters. The lowest BCUT2D eigenvalue weighted by Gasteiger charge is -2.48. The fourth-order valence-corrected chi connectivity index (χ4v) is 5.24. The molecule has 158 valence electrons. The quantitative estimate of drug-likeness (QED) is 0.543. The zero-order valence-electron chi connectivity index (χ0n) is 17.5.